The van der Waals surface area contributed by atoms with E-state index < -0.39 is 0 Å². The van der Waals surface area contributed by atoms with Crippen molar-refractivity contribution in [2.45, 2.75) is 0 Å². The van der Waals surface area contributed by atoms with Crippen LogP contribution in [0.4, 0.5) is 0 Å². The Bertz CT molecular complexity index is 1470. The van der Waals surface area contributed by atoms with Crippen molar-refractivity contribution in [1.29, 1.82) is 0 Å². The number of aromatic nitrogens is 1. The largest absolute Gasteiger partial charge is 0.309 e. The van der Waals surface area contributed by atoms with E-state index in [0.29, 0.717) is 0 Å². The molecular weight excluding hydrogens is 414 g/mol. The Morgan fingerprint density at radius 3 is 2.30 bits per heavy atom. The fraction of sp³-hybridized carbons (Fsp3) is 0. The highest BCUT2D eigenvalue weighted by atomic mass is 79.9. The van der Waals surface area contributed by atoms with Crippen LogP contribution in [0.1, 0.15) is 0 Å². The van der Waals surface area contributed by atoms with Crippen molar-refractivity contribution in [3.05, 3.63) is 89.4 Å². The van der Waals surface area contributed by atoms with Gasteiger partial charge < -0.3 is 4.57 Å². The molecule has 0 atom stereocenters. The quantitative estimate of drug-likeness (QED) is 0.251. The molecule has 0 radical (unpaired) electrons. The minimum Gasteiger partial charge on any atom is -0.309 e. The van der Waals surface area contributed by atoms with Gasteiger partial charge in [-0.25, -0.2) is 0 Å². The molecule has 3 heteroatoms. The Balaban J connectivity index is 1.91. The van der Waals surface area contributed by atoms with Gasteiger partial charge in [-0.05, 0) is 36.4 Å². The van der Waals surface area contributed by atoms with Gasteiger partial charge in [-0.1, -0.05) is 64.5 Å². The van der Waals surface area contributed by atoms with E-state index in [2.05, 4.69) is 105 Å². The van der Waals surface area contributed by atoms with Gasteiger partial charge in [0.25, 0.3) is 0 Å². The van der Waals surface area contributed by atoms with Crippen LogP contribution in [0.2, 0.25) is 0 Å². The van der Waals surface area contributed by atoms with Gasteiger partial charge in [0, 0.05) is 41.1 Å². The molecule has 2 heterocycles. The molecule has 1 nitrogen and oxygen atoms in total. The molecule has 27 heavy (non-hydrogen) atoms. The normalized spacial score (nSPS) is 11.9. The highest BCUT2D eigenvalue weighted by Gasteiger charge is 2.18. The summed E-state index contributed by atoms with van der Waals surface area (Å²) in [6, 6.07) is 30.3. The number of nitrogens with zero attached hydrogens (tertiary/aromatic N) is 1. The van der Waals surface area contributed by atoms with E-state index in [0.717, 1.165) is 4.47 Å². The van der Waals surface area contributed by atoms with E-state index in [-0.39, 0.29) is 0 Å². The molecule has 6 rings (SSSR count). The summed E-state index contributed by atoms with van der Waals surface area (Å²) in [7, 11) is 0. The Morgan fingerprint density at radius 1 is 0.630 bits per heavy atom. The van der Waals surface area contributed by atoms with Gasteiger partial charge >= 0.3 is 0 Å². The summed E-state index contributed by atoms with van der Waals surface area (Å²) in [6.07, 6.45) is 0. The Hall–Kier alpha value is -2.62. The van der Waals surface area contributed by atoms with Crippen molar-refractivity contribution < 1.29 is 0 Å². The van der Waals surface area contributed by atoms with E-state index in [1.807, 2.05) is 11.3 Å². The molecule has 0 bridgehead atoms. The minimum atomic E-state index is 1.14. The second-order valence-electron chi connectivity index (χ2n) is 6.74. The van der Waals surface area contributed by atoms with Crippen molar-refractivity contribution >= 4 is 69.2 Å². The third-order valence-corrected chi connectivity index (χ3v) is 7.13. The van der Waals surface area contributed by atoms with Gasteiger partial charge in [0.15, 0.2) is 0 Å². The van der Waals surface area contributed by atoms with Crippen LogP contribution in [-0.4, -0.2) is 4.57 Å². The predicted octanol–water partition coefficient (Wildman–Crippen LogP) is 7.91. The lowest BCUT2D eigenvalue weighted by Crippen LogP contribution is -1.92. The number of hydrogen-bond acceptors (Lipinski definition) is 1. The van der Waals surface area contributed by atoms with E-state index in [9.17, 15) is 0 Å². The molecule has 128 valence electrons. The monoisotopic (exact) mass is 427 g/mol. The number of hydrogen-bond donors (Lipinski definition) is 0. The van der Waals surface area contributed by atoms with Crippen molar-refractivity contribution in [2.24, 2.45) is 0 Å². The molecule has 0 saturated heterocycles. The number of rotatable bonds is 1. The first-order valence-corrected chi connectivity index (χ1v) is 10.5. The van der Waals surface area contributed by atoms with Crippen LogP contribution < -0.4 is 0 Å². The molecular formula is C24H14BrNS. The summed E-state index contributed by atoms with van der Waals surface area (Å²) < 4.78 is 6.22. The minimum absolute atomic E-state index is 1.14. The van der Waals surface area contributed by atoms with Crippen molar-refractivity contribution in [3.8, 4) is 5.69 Å². The lowest BCUT2D eigenvalue weighted by molar-refractivity contribution is 1.18. The summed E-state index contributed by atoms with van der Waals surface area (Å²) in [4.78, 5) is 0. The van der Waals surface area contributed by atoms with Crippen LogP contribution in [0, 0.1) is 0 Å². The molecule has 0 unspecified atom stereocenters. The third-order valence-electron chi connectivity index (χ3n) is 5.26. The average molecular weight is 428 g/mol. The van der Waals surface area contributed by atoms with Crippen molar-refractivity contribution in [1.82, 2.24) is 4.57 Å². The summed E-state index contributed by atoms with van der Waals surface area (Å²) in [5.74, 6) is 0. The average Bonchev–Trinajstić information content (AvgIpc) is 3.25. The fourth-order valence-electron chi connectivity index (χ4n) is 4.14. The van der Waals surface area contributed by atoms with Crippen molar-refractivity contribution in [2.75, 3.05) is 0 Å². The predicted molar refractivity (Wildman–Crippen MR) is 121 cm³/mol. The van der Waals surface area contributed by atoms with Gasteiger partial charge in [0.05, 0.1) is 11.0 Å². The van der Waals surface area contributed by atoms with E-state index >= 15 is 0 Å². The second-order valence-corrected chi connectivity index (χ2v) is 8.65. The lowest BCUT2D eigenvalue weighted by Gasteiger charge is -2.07. The number of benzene rings is 4. The summed E-state index contributed by atoms with van der Waals surface area (Å²) in [6.45, 7) is 0. The number of thiophene rings is 1. The van der Waals surface area contributed by atoms with Crippen LogP contribution >= 0.6 is 27.3 Å². The van der Waals surface area contributed by atoms with Crippen LogP contribution in [0.5, 0.6) is 0 Å². The molecule has 0 saturated carbocycles. The zero-order valence-corrected chi connectivity index (χ0v) is 16.7. The van der Waals surface area contributed by atoms with Crippen LogP contribution in [0.15, 0.2) is 89.4 Å². The second kappa shape index (κ2) is 5.69. The smallest absolute Gasteiger partial charge is 0.0556 e. The summed E-state index contributed by atoms with van der Waals surface area (Å²) >= 11 is 5.71. The van der Waals surface area contributed by atoms with Crippen molar-refractivity contribution in [3.63, 3.8) is 0 Å². The first-order valence-electron chi connectivity index (χ1n) is 8.91. The van der Waals surface area contributed by atoms with Crippen LogP contribution in [-0.2, 0) is 0 Å². The molecule has 0 aliphatic rings. The maximum atomic E-state index is 3.82. The molecule has 2 aromatic heterocycles. The highest BCUT2D eigenvalue weighted by Crippen LogP contribution is 2.44. The SMILES string of the molecule is Brc1cccc2c1c1c3sc4ccccc4c3ccc1n2-c1ccccc1. The molecule has 0 spiro atoms. The van der Waals surface area contributed by atoms with E-state index in [4.69, 9.17) is 0 Å². The van der Waals surface area contributed by atoms with Gasteiger partial charge in [-0.3, -0.25) is 0 Å². The zero-order chi connectivity index (χ0) is 18.0. The summed E-state index contributed by atoms with van der Waals surface area (Å²) in [5.41, 5.74) is 3.67. The number of para-hydroxylation sites is 1. The molecule has 0 N–H and O–H groups in total. The van der Waals surface area contributed by atoms with Crippen LogP contribution in [0.3, 0.4) is 0 Å². The zero-order valence-electron chi connectivity index (χ0n) is 14.3. The molecule has 0 amide bonds. The Kier molecular flexibility index (Phi) is 3.25. The van der Waals surface area contributed by atoms with E-state index in [1.165, 1.54) is 47.7 Å². The van der Waals surface area contributed by atoms with Gasteiger partial charge in [0.2, 0.25) is 0 Å². The number of fused-ring (bicyclic) bond motifs is 7. The fourth-order valence-corrected chi connectivity index (χ4v) is 5.94. The van der Waals surface area contributed by atoms with Gasteiger partial charge in [0.1, 0.15) is 0 Å². The Morgan fingerprint density at radius 2 is 1.41 bits per heavy atom. The maximum absolute atomic E-state index is 3.82. The van der Waals surface area contributed by atoms with E-state index in [1.54, 1.807) is 0 Å². The molecule has 6 aromatic rings. The lowest BCUT2D eigenvalue weighted by atomic mass is 10.1. The van der Waals surface area contributed by atoms with Crippen LogP contribution in [0.25, 0.3) is 47.7 Å². The topological polar surface area (TPSA) is 4.93 Å². The maximum Gasteiger partial charge on any atom is 0.0556 e. The summed E-state index contributed by atoms with van der Waals surface area (Å²) in [5, 5.41) is 5.30. The molecule has 0 fully saturated rings. The number of halogens is 1. The molecule has 0 aliphatic heterocycles. The highest BCUT2D eigenvalue weighted by molar-refractivity contribution is 9.10. The standard InChI is InChI=1S/C24H14BrNS/c25-18-10-6-11-19-22(18)23-20(26(19)15-7-2-1-3-8-15)14-13-17-16-9-4-5-12-21(16)27-24(17)23/h1-14H. The van der Waals surface area contributed by atoms with Gasteiger partial charge in [-0.15, -0.1) is 11.3 Å². The first kappa shape index (κ1) is 15.4. The molecule has 0 aliphatic carbocycles. The molecule has 4 aromatic carbocycles. The van der Waals surface area contributed by atoms with Gasteiger partial charge in [-0.2, -0.15) is 0 Å². The Labute approximate surface area is 168 Å². The third kappa shape index (κ3) is 2.10. The first-order chi connectivity index (χ1) is 13.3.